The molecule has 6 rings (SSSR count). The monoisotopic (exact) mass is 542 g/mol. The summed E-state index contributed by atoms with van der Waals surface area (Å²) in [6.07, 6.45) is 7.58. The maximum absolute atomic E-state index is 5.03. The van der Waals surface area contributed by atoms with E-state index < -0.39 is 0 Å². The number of likely N-dealkylation sites (N-methyl/N-ethyl adjacent to an activating group) is 1. The molecule has 8 nitrogen and oxygen atoms in total. The van der Waals surface area contributed by atoms with E-state index in [9.17, 15) is 0 Å². The van der Waals surface area contributed by atoms with Crippen molar-refractivity contribution in [3.63, 3.8) is 0 Å². The quantitative estimate of drug-likeness (QED) is 0.203. The van der Waals surface area contributed by atoms with E-state index in [4.69, 9.17) is 4.98 Å². The molecule has 0 bridgehead atoms. The first-order chi connectivity index (χ1) is 20.0. The zero-order valence-corrected chi connectivity index (χ0v) is 23.5. The predicted octanol–water partition coefficient (Wildman–Crippen LogP) is 6.18. The molecular weight excluding hydrogens is 508 g/mol. The molecule has 4 aromatic heterocycles. The Morgan fingerprint density at radius 2 is 1.83 bits per heavy atom. The molecule has 5 aromatic rings. The van der Waals surface area contributed by atoms with Gasteiger partial charge in [-0.3, -0.25) is 10.1 Å². The number of H-pyrrole nitrogens is 2. The summed E-state index contributed by atoms with van der Waals surface area (Å²) in [5.41, 5.74) is 11.2. The molecule has 0 atom stereocenters. The van der Waals surface area contributed by atoms with Crippen LogP contribution >= 0.6 is 0 Å². The zero-order valence-electron chi connectivity index (χ0n) is 23.5. The van der Waals surface area contributed by atoms with Gasteiger partial charge in [-0.25, -0.2) is 4.98 Å². The summed E-state index contributed by atoms with van der Waals surface area (Å²) in [5.74, 6) is 0. The van der Waals surface area contributed by atoms with Gasteiger partial charge in [-0.2, -0.15) is 5.10 Å². The normalized spacial score (nSPS) is 14.4. The Kier molecular flexibility index (Phi) is 7.22. The van der Waals surface area contributed by atoms with Crippen molar-refractivity contribution in [2.45, 2.75) is 6.92 Å². The number of aryl methyl sites for hydroxylation is 1. The molecular formula is C33H34N8. The molecule has 1 aliphatic heterocycles. The summed E-state index contributed by atoms with van der Waals surface area (Å²) in [4.78, 5) is 17.8. The minimum Gasteiger partial charge on any atom is -0.368 e. The number of hydrogen-bond donors (Lipinski definition) is 3. The zero-order chi connectivity index (χ0) is 28.3. The largest absolute Gasteiger partial charge is 0.368 e. The summed E-state index contributed by atoms with van der Waals surface area (Å²) < 4.78 is 0. The van der Waals surface area contributed by atoms with Gasteiger partial charge in [0.2, 0.25) is 0 Å². The number of benzene rings is 1. The third kappa shape index (κ3) is 5.42. The van der Waals surface area contributed by atoms with E-state index in [-0.39, 0.29) is 0 Å². The van der Waals surface area contributed by atoms with E-state index in [1.54, 1.807) is 6.20 Å². The average Bonchev–Trinajstić information content (AvgIpc) is 3.60. The number of aromatic nitrogens is 5. The van der Waals surface area contributed by atoms with E-state index in [2.05, 4.69) is 74.6 Å². The van der Waals surface area contributed by atoms with E-state index in [0.29, 0.717) is 0 Å². The van der Waals surface area contributed by atoms with E-state index in [1.807, 2.05) is 60.8 Å². The predicted molar refractivity (Wildman–Crippen MR) is 168 cm³/mol. The SMILES string of the molecule is C=C/C=C(\c1cc(-c2n[nH]c3ccc(-c4cncc(NC(=C)c5ccccc5)c4)nc23)[nH]c1C)N1CCN(C)CC1. The first kappa shape index (κ1) is 26.3. The molecule has 1 saturated heterocycles. The highest BCUT2D eigenvalue weighted by Crippen LogP contribution is 2.32. The molecule has 3 N–H and O–H groups in total. The lowest BCUT2D eigenvalue weighted by molar-refractivity contribution is 0.207. The molecule has 0 spiro atoms. The Bertz CT molecular complexity index is 1740. The van der Waals surface area contributed by atoms with Crippen molar-refractivity contribution in [2.75, 3.05) is 38.5 Å². The molecule has 1 aliphatic rings. The summed E-state index contributed by atoms with van der Waals surface area (Å²) >= 11 is 0. The number of fused-ring (bicyclic) bond motifs is 1. The lowest BCUT2D eigenvalue weighted by Gasteiger charge is -2.35. The fourth-order valence-corrected chi connectivity index (χ4v) is 5.26. The molecule has 0 aliphatic carbocycles. The van der Waals surface area contributed by atoms with Gasteiger partial charge in [0.25, 0.3) is 0 Å². The summed E-state index contributed by atoms with van der Waals surface area (Å²) in [5, 5.41) is 11.2. The molecule has 0 saturated carbocycles. The molecule has 5 heterocycles. The van der Waals surface area contributed by atoms with E-state index in [0.717, 1.165) is 88.1 Å². The van der Waals surface area contributed by atoms with Gasteiger partial charge < -0.3 is 20.1 Å². The highest BCUT2D eigenvalue weighted by Gasteiger charge is 2.22. The Labute approximate surface area is 240 Å². The fourth-order valence-electron chi connectivity index (χ4n) is 5.26. The van der Waals surface area contributed by atoms with E-state index in [1.165, 1.54) is 5.70 Å². The van der Waals surface area contributed by atoms with Crippen molar-refractivity contribution in [2.24, 2.45) is 0 Å². The molecule has 0 radical (unpaired) electrons. The maximum Gasteiger partial charge on any atom is 0.135 e. The van der Waals surface area contributed by atoms with Gasteiger partial charge in [0, 0.05) is 60.6 Å². The number of hydrogen-bond acceptors (Lipinski definition) is 6. The van der Waals surface area contributed by atoms with E-state index >= 15 is 0 Å². The highest BCUT2D eigenvalue weighted by atomic mass is 15.3. The van der Waals surface area contributed by atoms with Gasteiger partial charge in [0.1, 0.15) is 11.2 Å². The summed E-state index contributed by atoms with van der Waals surface area (Å²) in [6, 6.07) is 18.2. The van der Waals surface area contributed by atoms with Gasteiger partial charge in [-0.05, 0) is 49.9 Å². The second kappa shape index (κ2) is 11.3. The molecule has 206 valence electrons. The van der Waals surface area contributed by atoms with Gasteiger partial charge in [0.15, 0.2) is 0 Å². The number of rotatable bonds is 8. The van der Waals surface area contributed by atoms with Gasteiger partial charge in [-0.1, -0.05) is 49.6 Å². The number of nitrogens with zero attached hydrogens (tertiary/aromatic N) is 5. The minimum absolute atomic E-state index is 0.784. The number of piperazine rings is 1. The van der Waals surface area contributed by atoms with Crippen molar-refractivity contribution in [1.29, 1.82) is 0 Å². The van der Waals surface area contributed by atoms with Gasteiger partial charge in [0.05, 0.1) is 28.8 Å². The lowest BCUT2D eigenvalue weighted by atomic mass is 10.1. The lowest BCUT2D eigenvalue weighted by Crippen LogP contribution is -2.43. The van der Waals surface area contributed by atoms with Gasteiger partial charge in [-0.15, -0.1) is 0 Å². The molecule has 41 heavy (non-hydrogen) atoms. The molecule has 1 aromatic carbocycles. The van der Waals surface area contributed by atoms with Crippen LogP contribution in [0, 0.1) is 6.92 Å². The minimum atomic E-state index is 0.784. The van der Waals surface area contributed by atoms with Crippen LogP contribution in [0.25, 0.3) is 45.1 Å². The summed E-state index contributed by atoms with van der Waals surface area (Å²) in [6.45, 7) is 14.3. The third-order valence-electron chi connectivity index (χ3n) is 7.52. The Balaban J connectivity index is 1.31. The third-order valence-corrected chi connectivity index (χ3v) is 7.52. The molecule has 0 unspecified atom stereocenters. The average molecular weight is 543 g/mol. The smallest absolute Gasteiger partial charge is 0.135 e. The van der Waals surface area contributed by atoms with Crippen molar-refractivity contribution >= 4 is 28.1 Å². The van der Waals surface area contributed by atoms with Gasteiger partial charge >= 0.3 is 0 Å². The summed E-state index contributed by atoms with van der Waals surface area (Å²) in [7, 11) is 2.17. The standard InChI is InChI=1S/C33H34N8/c1-5-9-31(41-16-14-40(4)15-17-41)27-19-30(36-23(27)3)33-32-29(38-39-33)13-12-28(37-32)25-18-26(21-34-20-25)35-22(2)24-10-7-6-8-11-24/h5-13,18-21,35-36H,1-2,14-17H2,3-4H3,(H,38,39)/b31-9+. The maximum atomic E-state index is 5.03. The number of nitrogens with one attached hydrogen (secondary N) is 3. The van der Waals surface area contributed by atoms with Crippen molar-refractivity contribution in [1.82, 2.24) is 34.9 Å². The number of aromatic amines is 2. The first-order valence-corrected chi connectivity index (χ1v) is 13.8. The van der Waals surface area contributed by atoms with Crippen LogP contribution in [-0.2, 0) is 0 Å². The Hall–Kier alpha value is -4.95. The molecule has 8 heteroatoms. The van der Waals surface area contributed by atoms with Crippen molar-refractivity contribution in [3.8, 4) is 22.6 Å². The van der Waals surface area contributed by atoms with Crippen LogP contribution in [0.2, 0.25) is 0 Å². The Morgan fingerprint density at radius 3 is 2.61 bits per heavy atom. The first-order valence-electron chi connectivity index (χ1n) is 13.8. The topological polar surface area (TPSA) is 88.8 Å². The second-order valence-corrected chi connectivity index (χ2v) is 10.4. The highest BCUT2D eigenvalue weighted by molar-refractivity contribution is 5.91. The number of anilines is 1. The van der Waals surface area contributed by atoms with Crippen LogP contribution in [-0.4, -0.2) is 68.2 Å². The van der Waals surface area contributed by atoms with Crippen LogP contribution in [0.4, 0.5) is 5.69 Å². The van der Waals surface area contributed by atoms with Crippen LogP contribution < -0.4 is 5.32 Å². The van der Waals surface area contributed by atoms with Crippen LogP contribution in [0.3, 0.4) is 0 Å². The number of pyridine rings is 2. The number of allylic oxidation sites excluding steroid dienone is 2. The van der Waals surface area contributed by atoms with Crippen molar-refractivity contribution in [3.05, 3.63) is 109 Å². The van der Waals surface area contributed by atoms with Crippen molar-refractivity contribution < 1.29 is 0 Å². The molecule has 0 amide bonds. The van der Waals surface area contributed by atoms with Crippen LogP contribution in [0.5, 0.6) is 0 Å². The molecule has 1 fully saturated rings. The Morgan fingerprint density at radius 1 is 1.02 bits per heavy atom. The second-order valence-electron chi connectivity index (χ2n) is 10.4. The van der Waals surface area contributed by atoms with Crippen LogP contribution in [0.15, 0.2) is 92.3 Å². The van der Waals surface area contributed by atoms with Crippen LogP contribution in [0.1, 0.15) is 16.8 Å². The fraction of sp³-hybridized carbons (Fsp3) is 0.182.